The van der Waals surface area contributed by atoms with E-state index >= 15 is 0 Å². The Labute approximate surface area is 151 Å². The molecule has 0 aliphatic carbocycles. The molecule has 0 radical (unpaired) electrons. The molecule has 0 aliphatic rings. The summed E-state index contributed by atoms with van der Waals surface area (Å²) >= 11 is 0. The van der Waals surface area contributed by atoms with Crippen molar-refractivity contribution in [2.75, 3.05) is 0 Å². The Hall–Kier alpha value is -3.35. The largest absolute Gasteiger partial charge is 0.462 e. The number of rotatable bonds is 7. The predicted molar refractivity (Wildman–Crippen MR) is 96.3 cm³/mol. The topological polar surface area (TPSA) is 100 Å². The van der Waals surface area contributed by atoms with Crippen molar-refractivity contribution in [3.05, 3.63) is 65.6 Å². The molecule has 7 nitrogen and oxygen atoms in total. The molecule has 0 fully saturated rings. The van der Waals surface area contributed by atoms with E-state index in [4.69, 9.17) is 4.42 Å². The molecule has 3 amide bonds. The van der Waals surface area contributed by atoms with Crippen LogP contribution in [-0.2, 0) is 20.9 Å². The van der Waals surface area contributed by atoms with Gasteiger partial charge < -0.3 is 9.73 Å². The first-order valence-electron chi connectivity index (χ1n) is 8.17. The van der Waals surface area contributed by atoms with Crippen molar-refractivity contribution in [1.82, 2.24) is 16.2 Å². The Morgan fingerprint density at radius 3 is 2.38 bits per heavy atom. The summed E-state index contributed by atoms with van der Waals surface area (Å²) in [5.41, 5.74) is 5.48. The lowest BCUT2D eigenvalue weighted by Crippen LogP contribution is -2.41. The van der Waals surface area contributed by atoms with Crippen LogP contribution in [0.3, 0.4) is 0 Å². The highest BCUT2D eigenvalue weighted by Gasteiger charge is 2.07. The molecule has 1 aromatic carbocycles. The molecule has 1 aromatic heterocycles. The summed E-state index contributed by atoms with van der Waals surface area (Å²) in [5, 5.41) is 2.73. The molecule has 0 unspecified atom stereocenters. The highest BCUT2D eigenvalue weighted by Crippen LogP contribution is 2.07. The van der Waals surface area contributed by atoms with E-state index < -0.39 is 11.8 Å². The first-order valence-corrected chi connectivity index (χ1v) is 8.17. The van der Waals surface area contributed by atoms with Crippen LogP contribution in [0.2, 0.25) is 0 Å². The van der Waals surface area contributed by atoms with Gasteiger partial charge in [0.2, 0.25) is 11.8 Å². The minimum atomic E-state index is -0.499. The zero-order chi connectivity index (χ0) is 18.8. The van der Waals surface area contributed by atoms with E-state index in [1.165, 1.54) is 12.2 Å². The molecule has 0 saturated heterocycles. The minimum Gasteiger partial charge on any atom is -0.462 e. The fourth-order valence-corrected chi connectivity index (χ4v) is 2.05. The molecule has 136 valence electrons. The molecule has 1 heterocycles. The standard InChI is InChI=1S/C19H21N3O4/c1-14-7-8-16(26-14)9-10-18(24)21-22-19(25)12-11-17(23)20-13-15-5-3-2-4-6-15/h2-10H,11-13H2,1H3,(H,20,23)(H,21,24)(H,22,25). The van der Waals surface area contributed by atoms with Crippen molar-refractivity contribution in [2.45, 2.75) is 26.3 Å². The highest BCUT2D eigenvalue weighted by molar-refractivity contribution is 5.93. The SMILES string of the molecule is Cc1ccc(C=CC(=O)NNC(=O)CCC(=O)NCc2ccccc2)o1. The van der Waals surface area contributed by atoms with Crippen molar-refractivity contribution in [2.24, 2.45) is 0 Å². The minimum absolute atomic E-state index is 0.0258. The number of furan rings is 1. The molecule has 0 spiro atoms. The molecular formula is C19H21N3O4. The first-order chi connectivity index (χ1) is 12.5. The number of hydrazine groups is 1. The average molecular weight is 355 g/mol. The quantitative estimate of drug-likeness (QED) is 0.521. The van der Waals surface area contributed by atoms with Gasteiger partial charge in [-0.3, -0.25) is 25.2 Å². The number of nitrogens with one attached hydrogen (secondary N) is 3. The highest BCUT2D eigenvalue weighted by atomic mass is 16.3. The smallest absolute Gasteiger partial charge is 0.262 e. The third kappa shape index (κ3) is 7.04. The number of carbonyl (C=O) groups is 3. The first kappa shape index (κ1) is 19.0. The van der Waals surface area contributed by atoms with Gasteiger partial charge in [-0.25, -0.2) is 0 Å². The molecule has 0 aliphatic heterocycles. The number of hydrogen-bond donors (Lipinski definition) is 3. The fraction of sp³-hybridized carbons (Fsp3) is 0.211. The van der Waals surface area contributed by atoms with Crippen LogP contribution in [-0.4, -0.2) is 17.7 Å². The van der Waals surface area contributed by atoms with Gasteiger partial charge in [-0.1, -0.05) is 30.3 Å². The predicted octanol–water partition coefficient (Wildman–Crippen LogP) is 1.85. The van der Waals surface area contributed by atoms with E-state index in [1.807, 2.05) is 30.3 Å². The Balaban J connectivity index is 1.61. The maximum absolute atomic E-state index is 11.7. The number of amides is 3. The van der Waals surface area contributed by atoms with Crippen LogP contribution >= 0.6 is 0 Å². The second-order valence-electron chi connectivity index (χ2n) is 5.58. The Morgan fingerprint density at radius 2 is 1.69 bits per heavy atom. The number of hydrogen-bond acceptors (Lipinski definition) is 4. The molecule has 26 heavy (non-hydrogen) atoms. The molecule has 0 bridgehead atoms. The summed E-state index contributed by atoms with van der Waals surface area (Å²) < 4.78 is 5.28. The molecular weight excluding hydrogens is 334 g/mol. The zero-order valence-corrected chi connectivity index (χ0v) is 14.5. The summed E-state index contributed by atoms with van der Waals surface area (Å²) in [4.78, 5) is 35.0. The normalized spacial score (nSPS) is 10.5. The second-order valence-corrected chi connectivity index (χ2v) is 5.58. The van der Waals surface area contributed by atoms with Crippen molar-refractivity contribution >= 4 is 23.8 Å². The van der Waals surface area contributed by atoms with Crippen LogP contribution in [0, 0.1) is 6.92 Å². The van der Waals surface area contributed by atoms with Crippen LogP contribution < -0.4 is 16.2 Å². The number of benzene rings is 1. The van der Waals surface area contributed by atoms with Gasteiger partial charge >= 0.3 is 0 Å². The summed E-state index contributed by atoms with van der Waals surface area (Å²) in [6, 6.07) is 13.0. The van der Waals surface area contributed by atoms with E-state index in [9.17, 15) is 14.4 Å². The van der Waals surface area contributed by atoms with Crippen LogP contribution in [0.4, 0.5) is 0 Å². The van der Waals surface area contributed by atoms with Gasteiger partial charge in [0.15, 0.2) is 0 Å². The van der Waals surface area contributed by atoms with E-state index in [2.05, 4.69) is 16.2 Å². The lowest BCUT2D eigenvalue weighted by atomic mass is 10.2. The van der Waals surface area contributed by atoms with Gasteiger partial charge in [0.25, 0.3) is 5.91 Å². The van der Waals surface area contributed by atoms with Gasteiger partial charge in [-0.05, 0) is 30.7 Å². The Kier molecular flexibility index (Phi) is 7.17. The summed E-state index contributed by atoms with van der Waals surface area (Å²) in [6.07, 6.45) is 2.74. The third-order valence-corrected chi connectivity index (χ3v) is 3.40. The van der Waals surface area contributed by atoms with Crippen molar-refractivity contribution in [3.8, 4) is 0 Å². The fourth-order valence-electron chi connectivity index (χ4n) is 2.05. The second kappa shape index (κ2) is 9.83. The van der Waals surface area contributed by atoms with Crippen LogP contribution in [0.5, 0.6) is 0 Å². The lowest BCUT2D eigenvalue weighted by Gasteiger charge is -2.06. The van der Waals surface area contributed by atoms with Crippen molar-refractivity contribution in [3.63, 3.8) is 0 Å². The number of aryl methyl sites for hydroxylation is 1. The van der Waals surface area contributed by atoms with E-state index in [1.54, 1.807) is 19.1 Å². The van der Waals surface area contributed by atoms with Gasteiger partial charge in [-0.2, -0.15) is 0 Å². The van der Waals surface area contributed by atoms with E-state index in [0.717, 1.165) is 11.3 Å². The molecule has 3 N–H and O–H groups in total. The van der Waals surface area contributed by atoms with E-state index in [0.29, 0.717) is 12.3 Å². The van der Waals surface area contributed by atoms with Crippen molar-refractivity contribution < 1.29 is 18.8 Å². The van der Waals surface area contributed by atoms with Crippen molar-refractivity contribution in [1.29, 1.82) is 0 Å². The Morgan fingerprint density at radius 1 is 0.962 bits per heavy atom. The summed E-state index contributed by atoms with van der Waals surface area (Å²) in [6.45, 7) is 2.21. The number of carbonyl (C=O) groups excluding carboxylic acids is 3. The Bertz CT molecular complexity index is 781. The van der Waals surface area contributed by atoms with Gasteiger partial charge in [0, 0.05) is 25.5 Å². The molecule has 7 heteroatoms. The van der Waals surface area contributed by atoms with Gasteiger partial charge in [-0.15, -0.1) is 0 Å². The average Bonchev–Trinajstić information content (AvgIpc) is 3.07. The molecule has 0 atom stereocenters. The summed E-state index contributed by atoms with van der Waals surface area (Å²) in [7, 11) is 0. The van der Waals surface area contributed by atoms with E-state index in [-0.39, 0.29) is 18.7 Å². The van der Waals surface area contributed by atoms with Crippen LogP contribution in [0.1, 0.15) is 29.9 Å². The monoisotopic (exact) mass is 355 g/mol. The maximum atomic E-state index is 11.7. The lowest BCUT2D eigenvalue weighted by molar-refractivity contribution is -0.129. The molecule has 0 saturated carbocycles. The molecule has 2 aromatic rings. The zero-order valence-electron chi connectivity index (χ0n) is 14.5. The summed E-state index contributed by atoms with van der Waals surface area (Å²) in [5.74, 6) is 0.0998. The third-order valence-electron chi connectivity index (χ3n) is 3.40. The van der Waals surface area contributed by atoms with Crippen LogP contribution in [0.15, 0.2) is 53.0 Å². The maximum Gasteiger partial charge on any atom is 0.262 e. The molecule has 2 rings (SSSR count). The van der Waals surface area contributed by atoms with Crippen LogP contribution in [0.25, 0.3) is 6.08 Å². The van der Waals surface area contributed by atoms with Gasteiger partial charge in [0.05, 0.1) is 0 Å². The van der Waals surface area contributed by atoms with Gasteiger partial charge in [0.1, 0.15) is 11.5 Å².